The summed E-state index contributed by atoms with van der Waals surface area (Å²) in [6.45, 7) is 5.78. The molecular weight excluding hydrogens is 410 g/mol. The van der Waals surface area contributed by atoms with Crippen molar-refractivity contribution in [3.63, 3.8) is 0 Å². The Hall–Kier alpha value is -2.79. The van der Waals surface area contributed by atoms with E-state index in [1.165, 1.54) is 45.1 Å². The lowest BCUT2D eigenvalue weighted by Crippen LogP contribution is -2.41. The van der Waals surface area contributed by atoms with Gasteiger partial charge in [0.25, 0.3) is 5.91 Å². The number of rotatable bonds is 10. The van der Waals surface area contributed by atoms with Gasteiger partial charge >= 0.3 is 0 Å². The summed E-state index contributed by atoms with van der Waals surface area (Å²) >= 11 is 0. The van der Waals surface area contributed by atoms with E-state index in [1.54, 1.807) is 6.07 Å². The van der Waals surface area contributed by atoms with E-state index in [1.807, 2.05) is 53.2 Å². The van der Waals surface area contributed by atoms with Crippen LogP contribution in [0.4, 0.5) is 0 Å². The van der Waals surface area contributed by atoms with E-state index in [0.29, 0.717) is 24.0 Å². The molecule has 2 N–H and O–H groups in total. The van der Waals surface area contributed by atoms with Crippen LogP contribution in [-0.2, 0) is 6.54 Å². The molecule has 5 nitrogen and oxygen atoms in total. The summed E-state index contributed by atoms with van der Waals surface area (Å²) < 4.78 is 1.83. The van der Waals surface area contributed by atoms with Gasteiger partial charge in [-0.15, -0.1) is 0 Å². The number of aromatic hydroxyl groups is 1. The summed E-state index contributed by atoms with van der Waals surface area (Å²) in [5.74, 6) is 0.125. The minimum absolute atomic E-state index is 0.0757. The number of aromatic nitrogens is 1. The Morgan fingerprint density at radius 2 is 1.97 bits per heavy atom. The monoisotopic (exact) mass is 447 g/mol. The van der Waals surface area contributed by atoms with E-state index in [4.69, 9.17) is 0 Å². The van der Waals surface area contributed by atoms with Crippen LogP contribution in [0.2, 0.25) is 0 Å². The highest BCUT2D eigenvalue weighted by atomic mass is 16.3. The first-order valence-corrected chi connectivity index (χ1v) is 12.5. The highest BCUT2D eigenvalue weighted by molar-refractivity contribution is 6.00. The zero-order chi connectivity index (χ0) is 23.0. The number of hydrogen-bond donors (Lipinski definition) is 2. The first-order chi connectivity index (χ1) is 16.2. The molecule has 1 amide bonds. The van der Waals surface area contributed by atoms with E-state index >= 15 is 0 Å². The van der Waals surface area contributed by atoms with Gasteiger partial charge in [-0.2, -0.15) is 0 Å². The summed E-state index contributed by atoms with van der Waals surface area (Å²) in [5.41, 5.74) is 1.71. The van der Waals surface area contributed by atoms with E-state index in [2.05, 4.69) is 17.1 Å². The SMILES string of the molecule is CCCCC1CCCCN1CCCNC(=O)c1ccc2cn(Cc3ccccc3)c(O)c2c1. The molecule has 2 aromatic carbocycles. The lowest BCUT2D eigenvalue weighted by Gasteiger charge is -2.36. The highest BCUT2D eigenvalue weighted by Gasteiger charge is 2.21. The van der Waals surface area contributed by atoms with Gasteiger partial charge in [-0.3, -0.25) is 4.79 Å². The molecule has 1 aliphatic heterocycles. The maximum absolute atomic E-state index is 12.7. The molecule has 1 unspecified atom stereocenters. The van der Waals surface area contributed by atoms with Crippen molar-refractivity contribution in [1.82, 2.24) is 14.8 Å². The quantitative estimate of drug-likeness (QED) is 0.400. The number of piperidine rings is 1. The molecule has 1 fully saturated rings. The molecule has 1 aliphatic rings. The van der Waals surface area contributed by atoms with Crippen molar-refractivity contribution < 1.29 is 9.90 Å². The molecule has 4 rings (SSSR count). The van der Waals surface area contributed by atoms with Crippen molar-refractivity contribution in [3.8, 4) is 5.88 Å². The predicted molar refractivity (Wildman–Crippen MR) is 135 cm³/mol. The summed E-state index contributed by atoms with van der Waals surface area (Å²) in [5, 5.41) is 15.4. The van der Waals surface area contributed by atoms with Crippen molar-refractivity contribution in [2.75, 3.05) is 19.6 Å². The molecule has 1 saturated heterocycles. The predicted octanol–water partition coefficient (Wildman–Crippen LogP) is 5.56. The zero-order valence-electron chi connectivity index (χ0n) is 19.8. The maximum Gasteiger partial charge on any atom is 0.251 e. The molecule has 2 heterocycles. The molecular formula is C28H37N3O2. The second kappa shape index (κ2) is 11.4. The zero-order valence-corrected chi connectivity index (χ0v) is 19.8. The molecule has 0 radical (unpaired) electrons. The van der Waals surface area contributed by atoms with Crippen LogP contribution >= 0.6 is 0 Å². The Morgan fingerprint density at radius 1 is 1.12 bits per heavy atom. The fourth-order valence-corrected chi connectivity index (χ4v) is 5.00. The Bertz CT molecular complexity index is 1040. The van der Waals surface area contributed by atoms with Gasteiger partial charge in [0.2, 0.25) is 0 Å². The molecule has 1 aromatic heterocycles. The molecule has 3 aromatic rings. The van der Waals surface area contributed by atoms with Crippen LogP contribution in [0.5, 0.6) is 5.88 Å². The van der Waals surface area contributed by atoms with Gasteiger partial charge in [-0.1, -0.05) is 62.6 Å². The molecule has 0 aliphatic carbocycles. The number of carbonyl (C=O) groups excluding carboxylic acids is 1. The number of unbranched alkanes of at least 4 members (excludes halogenated alkanes) is 1. The highest BCUT2D eigenvalue weighted by Crippen LogP contribution is 2.29. The summed E-state index contributed by atoms with van der Waals surface area (Å²) in [7, 11) is 0. The first-order valence-electron chi connectivity index (χ1n) is 12.5. The average molecular weight is 448 g/mol. The average Bonchev–Trinajstić information content (AvgIpc) is 3.16. The molecule has 0 bridgehead atoms. The van der Waals surface area contributed by atoms with Crippen LogP contribution in [-0.4, -0.2) is 46.2 Å². The van der Waals surface area contributed by atoms with E-state index in [0.717, 1.165) is 30.0 Å². The van der Waals surface area contributed by atoms with E-state index < -0.39 is 0 Å². The van der Waals surface area contributed by atoms with Gasteiger partial charge in [0, 0.05) is 41.7 Å². The molecule has 0 spiro atoms. The maximum atomic E-state index is 12.7. The van der Waals surface area contributed by atoms with Crippen LogP contribution in [0, 0.1) is 0 Å². The third-order valence-corrected chi connectivity index (χ3v) is 6.87. The number of benzene rings is 2. The fourth-order valence-electron chi connectivity index (χ4n) is 5.00. The number of hydrogen-bond acceptors (Lipinski definition) is 3. The minimum atomic E-state index is -0.0757. The van der Waals surface area contributed by atoms with Crippen molar-refractivity contribution in [2.24, 2.45) is 0 Å². The Balaban J connectivity index is 1.32. The van der Waals surface area contributed by atoms with Gasteiger partial charge in [-0.25, -0.2) is 0 Å². The summed E-state index contributed by atoms with van der Waals surface area (Å²) in [6.07, 6.45) is 10.7. The van der Waals surface area contributed by atoms with E-state index in [-0.39, 0.29) is 11.8 Å². The third kappa shape index (κ3) is 5.97. The van der Waals surface area contributed by atoms with Crippen molar-refractivity contribution in [2.45, 2.75) is 64.5 Å². The molecule has 0 saturated carbocycles. The number of carbonyl (C=O) groups is 1. The minimum Gasteiger partial charge on any atom is -0.494 e. The lowest BCUT2D eigenvalue weighted by molar-refractivity contribution is 0.0947. The number of likely N-dealkylation sites (tertiary alicyclic amines) is 1. The molecule has 1 atom stereocenters. The number of amides is 1. The van der Waals surface area contributed by atoms with Gasteiger partial charge in [0.15, 0.2) is 5.88 Å². The second-order valence-corrected chi connectivity index (χ2v) is 9.31. The Kier molecular flexibility index (Phi) is 8.05. The van der Waals surface area contributed by atoms with Crippen LogP contribution in [0.15, 0.2) is 54.7 Å². The smallest absolute Gasteiger partial charge is 0.251 e. The van der Waals surface area contributed by atoms with E-state index in [9.17, 15) is 9.90 Å². The summed E-state index contributed by atoms with van der Waals surface area (Å²) in [6, 6.07) is 16.3. The van der Waals surface area contributed by atoms with Crippen LogP contribution < -0.4 is 5.32 Å². The van der Waals surface area contributed by atoms with Crippen molar-refractivity contribution >= 4 is 16.7 Å². The molecule has 176 valence electrons. The van der Waals surface area contributed by atoms with Crippen LogP contribution in [0.3, 0.4) is 0 Å². The Morgan fingerprint density at radius 3 is 2.79 bits per heavy atom. The number of nitrogens with zero attached hydrogens (tertiary/aromatic N) is 2. The molecule has 33 heavy (non-hydrogen) atoms. The van der Waals surface area contributed by atoms with Crippen LogP contribution in [0.1, 0.15) is 67.8 Å². The van der Waals surface area contributed by atoms with Gasteiger partial charge < -0.3 is 19.9 Å². The third-order valence-electron chi connectivity index (χ3n) is 6.87. The van der Waals surface area contributed by atoms with Gasteiger partial charge in [0.1, 0.15) is 0 Å². The normalized spacial score (nSPS) is 16.8. The topological polar surface area (TPSA) is 57.5 Å². The number of fused-ring (bicyclic) bond motifs is 1. The first kappa shape index (κ1) is 23.4. The lowest BCUT2D eigenvalue weighted by atomic mass is 9.97. The number of nitrogens with one attached hydrogen (secondary N) is 1. The van der Waals surface area contributed by atoms with Gasteiger partial charge in [-0.05, 0) is 49.9 Å². The summed E-state index contributed by atoms with van der Waals surface area (Å²) in [4.78, 5) is 15.4. The van der Waals surface area contributed by atoms with Crippen LogP contribution in [0.25, 0.3) is 10.8 Å². The van der Waals surface area contributed by atoms with Crippen molar-refractivity contribution in [1.29, 1.82) is 0 Å². The van der Waals surface area contributed by atoms with Gasteiger partial charge in [0.05, 0.1) is 6.54 Å². The molecule has 5 heteroatoms. The largest absolute Gasteiger partial charge is 0.494 e. The second-order valence-electron chi connectivity index (χ2n) is 9.31. The Labute approximate surface area is 197 Å². The fraction of sp³-hybridized carbons (Fsp3) is 0.464. The van der Waals surface area contributed by atoms with Crippen molar-refractivity contribution in [3.05, 3.63) is 65.9 Å². The standard InChI is InChI=1S/C28H37N3O2/c1-2-3-12-25-13-7-8-17-30(25)18-9-16-29-27(32)23-14-15-24-21-31(28(33)26(24)19-23)20-22-10-5-4-6-11-22/h4-6,10-11,14-15,19,21,25,33H,2-3,7-9,12-13,16-18,20H2,1H3,(H,29,32).